The fourth-order valence-corrected chi connectivity index (χ4v) is 7.41. The van der Waals surface area contributed by atoms with E-state index in [0.717, 1.165) is 12.1 Å². The molecule has 3 aromatic rings. The first kappa shape index (κ1) is 27.0. The van der Waals surface area contributed by atoms with Gasteiger partial charge in [-0.2, -0.15) is 4.98 Å². The number of fused-ring (bicyclic) bond motifs is 2. The Labute approximate surface area is 231 Å². The molecule has 5 N–H and O–H groups in total. The molecule has 0 amide bonds. The molecular weight excluding hydrogens is 539 g/mol. The van der Waals surface area contributed by atoms with E-state index >= 15 is 0 Å². The number of H-pyrrole nitrogens is 1. The molecule has 6 rings (SSSR count). The molecule has 3 aliphatic rings. The Kier molecular flexibility index (Phi) is 6.78. The smallest absolute Gasteiger partial charge is 0.397 e. The van der Waals surface area contributed by atoms with Crippen LogP contribution in [0.2, 0.25) is 0 Å². The number of nitrogens with zero attached hydrogens (tertiary/aromatic N) is 5. The average molecular weight is 574 g/mol. The van der Waals surface area contributed by atoms with Crippen LogP contribution < -0.4 is 17.0 Å². The van der Waals surface area contributed by atoms with Crippen LogP contribution in [-0.4, -0.2) is 61.6 Å². The summed E-state index contributed by atoms with van der Waals surface area (Å²) < 4.78 is 40.3. The van der Waals surface area contributed by atoms with Gasteiger partial charge in [0.1, 0.15) is 24.6 Å². The van der Waals surface area contributed by atoms with Crippen molar-refractivity contribution in [1.29, 1.82) is 0 Å². The van der Waals surface area contributed by atoms with Gasteiger partial charge in [0.05, 0.1) is 31.1 Å². The first-order valence-electron chi connectivity index (χ1n) is 13.2. The van der Waals surface area contributed by atoms with Crippen LogP contribution in [0.3, 0.4) is 0 Å². The highest BCUT2D eigenvalue weighted by Crippen LogP contribution is 2.69. The van der Waals surface area contributed by atoms with E-state index in [0.29, 0.717) is 42.4 Å². The number of ether oxygens (including phenoxy) is 2. The van der Waals surface area contributed by atoms with Gasteiger partial charge in [0.2, 0.25) is 5.95 Å². The van der Waals surface area contributed by atoms with Gasteiger partial charge in [0.25, 0.3) is 5.56 Å². The van der Waals surface area contributed by atoms with E-state index in [1.165, 1.54) is 6.33 Å². The lowest BCUT2D eigenvalue weighted by molar-refractivity contribution is -0.0267. The maximum atomic E-state index is 13.0. The molecule has 3 aromatic heterocycles. The van der Waals surface area contributed by atoms with Crippen LogP contribution in [0.25, 0.3) is 16.9 Å². The Morgan fingerprint density at radius 1 is 1.32 bits per heavy atom. The number of aromatic amines is 1. The van der Waals surface area contributed by atoms with Gasteiger partial charge in [-0.1, -0.05) is 13.5 Å². The first-order chi connectivity index (χ1) is 19.1. The Hall–Kier alpha value is -3.16. The van der Waals surface area contributed by atoms with Gasteiger partial charge in [0, 0.05) is 35.2 Å². The van der Waals surface area contributed by atoms with Gasteiger partial charge in [-0.3, -0.25) is 14.3 Å². The molecule has 2 aliphatic carbocycles. The number of rotatable bonds is 10. The van der Waals surface area contributed by atoms with Crippen molar-refractivity contribution < 1.29 is 23.1 Å². The van der Waals surface area contributed by atoms with Crippen molar-refractivity contribution in [2.24, 2.45) is 23.0 Å². The number of methoxy groups -OCH3 is 1. The van der Waals surface area contributed by atoms with E-state index in [2.05, 4.69) is 31.1 Å². The number of nitrogens with two attached hydrogens (primary N) is 2. The van der Waals surface area contributed by atoms with Crippen LogP contribution >= 0.6 is 8.25 Å². The summed E-state index contributed by atoms with van der Waals surface area (Å²) in [7, 11) is -0.735. The molecule has 8 atom stereocenters. The predicted octanol–water partition coefficient (Wildman–Crippen LogP) is 2.42. The molecule has 3 fully saturated rings. The minimum atomic E-state index is -2.40. The van der Waals surface area contributed by atoms with Crippen LogP contribution in [-0.2, 0) is 23.1 Å². The summed E-state index contributed by atoms with van der Waals surface area (Å²) in [5.41, 5.74) is 13.6. The molecule has 0 spiro atoms. The van der Waals surface area contributed by atoms with Crippen molar-refractivity contribution in [3.63, 3.8) is 0 Å². The van der Waals surface area contributed by atoms with Gasteiger partial charge in [-0.25, -0.2) is 9.97 Å². The minimum Gasteiger partial charge on any atom is -0.397 e. The first-order valence-corrected chi connectivity index (χ1v) is 14.3. The van der Waals surface area contributed by atoms with Gasteiger partial charge in [-0.05, 0) is 31.6 Å². The molecule has 15 heteroatoms. The number of nitrogen functional groups attached to an aromatic ring is 1. The van der Waals surface area contributed by atoms with Gasteiger partial charge in [-0.15, -0.1) is 9.05 Å². The normalized spacial score (nSPS) is 31.5. The number of hydrogen-bond acceptors (Lipinski definition) is 11. The van der Waals surface area contributed by atoms with Gasteiger partial charge in [0.15, 0.2) is 11.2 Å². The van der Waals surface area contributed by atoms with Crippen molar-refractivity contribution in [3.8, 4) is 0 Å². The topological polar surface area (TPSA) is 187 Å². The number of aromatic nitrogens is 6. The lowest BCUT2D eigenvalue weighted by Crippen LogP contribution is -2.26. The largest absolute Gasteiger partial charge is 0.697 e. The molecule has 0 radical (unpaired) electrons. The molecule has 0 aromatic carbocycles. The quantitative estimate of drug-likeness (QED) is 0.302. The summed E-state index contributed by atoms with van der Waals surface area (Å²) in [5.74, 6) is 0.405. The highest BCUT2D eigenvalue weighted by molar-refractivity contribution is 7.33. The number of anilines is 1. The van der Waals surface area contributed by atoms with Crippen molar-refractivity contribution in [2.45, 2.75) is 57.6 Å². The zero-order valence-corrected chi connectivity index (χ0v) is 23.5. The highest BCUT2D eigenvalue weighted by atomic mass is 31.1. The van der Waals surface area contributed by atoms with Crippen LogP contribution in [0.4, 0.5) is 5.95 Å². The summed E-state index contributed by atoms with van der Waals surface area (Å²) in [6.45, 7) is 8.42. The molecule has 214 valence electrons. The highest BCUT2D eigenvalue weighted by Gasteiger charge is 2.70. The molecule has 0 bridgehead atoms. The van der Waals surface area contributed by atoms with Crippen LogP contribution in [0.15, 0.2) is 24.0 Å². The second kappa shape index (κ2) is 10.0. The van der Waals surface area contributed by atoms with Gasteiger partial charge >= 0.3 is 8.25 Å². The zero-order valence-electron chi connectivity index (χ0n) is 22.6. The summed E-state index contributed by atoms with van der Waals surface area (Å²) in [4.78, 5) is 27.4. The lowest BCUT2D eigenvalue weighted by Gasteiger charge is -2.18. The Balaban J connectivity index is 1.09. The average Bonchev–Trinajstić information content (AvgIpc) is 3.23. The molecule has 1 unspecified atom stereocenters. The maximum Gasteiger partial charge on any atom is 0.697 e. The third kappa shape index (κ3) is 4.44. The summed E-state index contributed by atoms with van der Waals surface area (Å²) >= 11 is 0. The van der Waals surface area contributed by atoms with Crippen molar-refractivity contribution in [2.75, 3.05) is 26.1 Å². The van der Waals surface area contributed by atoms with Crippen LogP contribution in [0.5, 0.6) is 0 Å². The third-order valence-corrected chi connectivity index (χ3v) is 9.50. The summed E-state index contributed by atoms with van der Waals surface area (Å²) in [5, 5.41) is 0. The minimum absolute atomic E-state index is 0.00565. The molecule has 40 heavy (non-hydrogen) atoms. The molecule has 14 nitrogen and oxygen atoms in total. The van der Waals surface area contributed by atoms with Crippen molar-refractivity contribution in [1.82, 2.24) is 29.1 Å². The van der Waals surface area contributed by atoms with Crippen molar-refractivity contribution in [3.05, 3.63) is 41.0 Å². The van der Waals surface area contributed by atoms with Crippen LogP contribution in [0, 0.1) is 24.2 Å². The number of imidazole rings is 2. The van der Waals surface area contributed by atoms with Gasteiger partial charge < -0.3 is 25.5 Å². The van der Waals surface area contributed by atoms with E-state index < -0.39 is 20.0 Å². The molecule has 2 saturated carbocycles. The second-order valence-corrected chi connectivity index (χ2v) is 12.0. The fourth-order valence-electron chi connectivity index (χ4n) is 6.58. The van der Waals surface area contributed by atoms with E-state index in [1.54, 1.807) is 18.0 Å². The Bertz CT molecular complexity index is 1530. The maximum absolute atomic E-state index is 13.0. The standard InChI is InChI=1S/C25H33N8O6P/c1-12-5-19(33-11-29-21-22(33)30-24(27)31-23(21)34)38-17(12)8-37-40(35)39-18-6-16(15-7-25(15,18)9-36-4)32-10-28-20(13(2)26)14(32)3/h10-12,15-19H,2,5-9,26H2,1,3-4H3,(H2-,27,30,31,34)/p+1/t12-,15+,16-,17+,18-,19+,25+/m0/s1. The molecular formula is C25H34N8O6P+. The van der Waals surface area contributed by atoms with Crippen molar-refractivity contribution >= 4 is 31.1 Å². The lowest BCUT2D eigenvalue weighted by atomic mass is 10.0. The predicted molar refractivity (Wildman–Crippen MR) is 145 cm³/mol. The van der Waals surface area contributed by atoms with E-state index in [1.807, 2.05) is 13.8 Å². The summed E-state index contributed by atoms with van der Waals surface area (Å²) in [6.07, 6.45) is 4.47. The zero-order chi connectivity index (χ0) is 28.3. The molecule has 4 heterocycles. The van der Waals surface area contributed by atoms with E-state index in [-0.39, 0.29) is 47.7 Å². The van der Waals surface area contributed by atoms with E-state index in [9.17, 15) is 9.36 Å². The third-order valence-electron chi connectivity index (χ3n) is 8.71. The molecule has 1 saturated heterocycles. The number of hydrogen-bond donors (Lipinski definition) is 3. The Morgan fingerprint density at radius 3 is 2.83 bits per heavy atom. The Morgan fingerprint density at radius 2 is 2.10 bits per heavy atom. The van der Waals surface area contributed by atoms with Crippen LogP contribution in [0.1, 0.15) is 49.8 Å². The number of nitrogens with one attached hydrogen (secondary N) is 1. The fraction of sp³-hybridized carbons (Fsp3) is 0.600. The SMILES string of the molecule is C=C(N)c1ncn([C@H]2C[C@H](O[P+](=O)OC[C@H]3O[C@@H](n4cnc5c(=O)[nH]c(N)nc54)C[C@@H]3C)[C@@]3(COC)C[C@H]23)c1C. The molecule has 1 aliphatic heterocycles. The second-order valence-electron chi connectivity index (χ2n) is 11.1. The monoisotopic (exact) mass is 573 g/mol. The van der Waals surface area contributed by atoms with E-state index in [4.69, 9.17) is 30.0 Å². The summed E-state index contributed by atoms with van der Waals surface area (Å²) in [6, 6.07) is 0.128.